The summed E-state index contributed by atoms with van der Waals surface area (Å²) in [6.45, 7) is 1.96. The lowest BCUT2D eigenvalue weighted by Gasteiger charge is -2.29. The van der Waals surface area contributed by atoms with Crippen molar-refractivity contribution >= 4 is 22.8 Å². The fourth-order valence-corrected chi connectivity index (χ4v) is 3.42. The number of primary amides is 1. The molecule has 3 aromatic rings. The topological polar surface area (TPSA) is 93.2 Å². The first-order valence-electron chi connectivity index (χ1n) is 8.94. The maximum Gasteiger partial charge on any atom is 0.254 e. The Kier molecular flexibility index (Phi) is 4.90. The highest BCUT2D eigenvalue weighted by atomic mass is 19.1. The Morgan fingerprint density at radius 3 is 2.27 bits per heavy atom. The van der Waals surface area contributed by atoms with E-state index < -0.39 is 51.2 Å². The molecule has 1 fully saturated rings. The summed E-state index contributed by atoms with van der Waals surface area (Å²) in [6.07, 6.45) is 0.818. The summed E-state index contributed by atoms with van der Waals surface area (Å²) in [5.74, 6) is -5.90. The lowest BCUT2D eigenvalue weighted by Crippen LogP contribution is -2.44. The molecule has 0 aliphatic carbocycles. The number of hydrogen-bond donors (Lipinski definition) is 2. The number of carbonyl (C=O) groups excluding carboxylic acids is 1. The molecule has 1 saturated heterocycles. The van der Waals surface area contributed by atoms with Crippen molar-refractivity contribution < 1.29 is 22.4 Å². The minimum Gasteiger partial charge on any atom is -0.365 e. The smallest absolute Gasteiger partial charge is 0.254 e. The molecule has 3 heterocycles. The van der Waals surface area contributed by atoms with Crippen molar-refractivity contribution in [3.05, 3.63) is 63.5 Å². The van der Waals surface area contributed by atoms with E-state index in [1.54, 1.807) is 4.90 Å². The van der Waals surface area contributed by atoms with Crippen molar-refractivity contribution in [2.75, 3.05) is 31.1 Å². The van der Waals surface area contributed by atoms with E-state index in [0.29, 0.717) is 38.3 Å². The van der Waals surface area contributed by atoms with Gasteiger partial charge in [0.2, 0.25) is 5.43 Å². The van der Waals surface area contributed by atoms with Crippen molar-refractivity contribution in [2.24, 2.45) is 5.73 Å². The third-order valence-corrected chi connectivity index (χ3v) is 4.82. The van der Waals surface area contributed by atoms with Crippen molar-refractivity contribution in [3.8, 4) is 5.69 Å². The predicted octanol–water partition coefficient (Wildman–Crippen LogP) is 1.45. The third kappa shape index (κ3) is 3.26. The van der Waals surface area contributed by atoms with Crippen LogP contribution in [0.25, 0.3) is 16.7 Å². The molecule has 0 saturated carbocycles. The van der Waals surface area contributed by atoms with E-state index in [0.717, 1.165) is 16.8 Å². The summed E-state index contributed by atoms with van der Waals surface area (Å²) in [5.41, 5.74) is 2.57. The van der Waals surface area contributed by atoms with E-state index >= 15 is 0 Å². The maximum absolute atomic E-state index is 14.8. The maximum atomic E-state index is 14.8. The van der Waals surface area contributed by atoms with Crippen molar-refractivity contribution in [3.63, 3.8) is 0 Å². The van der Waals surface area contributed by atoms with Gasteiger partial charge in [-0.1, -0.05) is 0 Å². The minimum absolute atomic E-state index is 0.119. The zero-order valence-electron chi connectivity index (χ0n) is 15.4. The number of amides is 1. The van der Waals surface area contributed by atoms with Gasteiger partial charge in [0.1, 0.15) is 17.1 Å². The average molecular weight is 421 g/mol. The Balaban J connectivity index is 2.08. The van der Waals surface area contributed by atoms with Gasteiger partial charge in [-0.05, 0) is 6.07 Å². The highest BCUT2D eigenvalue weighted by Crippen LogP contribution is 2.26. The van der Waals surface area contributed by atoms with Gasteiger partial charge in [0.25, 0.3) is 5.91 Å². The number of fused-ring (bicyclic) bond motifs is 1. The number of anilines is 1. The van der Waals surface area contributed by atoms with Crippen LogP contribution >= 0.6 is 0 Å². The van der Waals surface area contributed by atoms with E-state index in [2.05, 4.69) is 10.3 Å². The highest BCUT2D eigenvalue weighted by Gasteiger charge is 2.24. The summed E-state index contributed by atoms with van der Waals surface area (Å²) in [5, 5.41) is 2.70. The first kappa shape index (κ1) is 19.8. The van der Waals surface area contributed by atoms with Crippen LogP contribution in [-0.2, 0) is 0 Å². The molecule has 1 aliphatic rings. The van der Waals surface area contributed by atoms with Crippen molar-refractivity contribution in [1.82, 2.24) is 14.9 Å². The molecule has 7 nitrogen and oxygen atoms in total. The van der Waals surface area contributed by atoms with Crippen LogP contribution in [0.15, 0.2) is 29.2 Å². The van der Waals surface area contributed by atoms with Gasteiger partial charge in [0, 0.05) is 44.5 Å². The summed E-state index contributed by atoms with van der Waals surface area (Å²) in [7, 11) is 0. The molecule has 1 aliphatic heterocycles. The van der Waals surface area contributed by atoms with Crippen LogP contribution < -0.4 is 21.4 Å². The summed E-state index contributed by atoms with van der Waals surface area (Å²) >= 11 is 0. The second-order valence-electron chi connectivity index (χ2n) is 6.73. The van der Waals surface area contributed by atoms with Crippen molar-refractivity contribution in [1.29, 1.82) is 0 Å². The molecule has 11 heteroatoms. The minimum atomic E-state index is -1.30. The normalized spacial score (nSPS) is 14.3. The van der Waals surface area contributed by atoms with Crippen LogP contribution in [-0.4, -0.2) is 41.6 Å². The van der Waals surface area contributed by atoms with E-state index in [1.807, 2.05) is 0 Å². The number of halogens is 4. The third-order valence-electron chi connectivity index (χ3n) is 4.82. The fourth-order valence-electron chi connectivity index (χ4n) is 3.42. The van der Waals surface area contributed by atoms with Gasteiger partial charge in [-0.15, -0.1) is 0 Å². The number of pyridine rings is 2. The number of nitrogens with two attached hydrogens (primary N) is 1. The predicted molar refractivity (Wildman–Crippen MR) is 101 cm³/mol. The lowest BCUT2D eigenvalue weighted by molar-refractivity contribution is 0.0999. The van der Waals surface area contributed by atoms with E-state index in [9.17, 15) is 27.2 Å². The molecule has 0 radical (unpaired) electrons. The van der Waals surface area contributed by atoms with Gasteiger partial charge in [0.15, 0.2) is 28.9 Å². The largest absolute Gasteiger partial charge is 0.365 e. The Labute approximate surface area is 166 Å². The van der Waals surface area contributed by atoms with Crippen LogP contribution in [0.2, 0.25) is 0 Å². The number of benzene rings is 1. The molecule has 4 rings (SSSR count). The van der Waals surface area contributed by atoms with Crippen molar-refractivity contribution in [2.45, 2.75) is 0 Å². The summed E-state index contributed by atoms with van der Waals surface area (Å²) < 4.78 is 57.9. The Bertz CT molecular complexity index is 1210. The second-order valence-corrected chi connectivity index (χ2v) is 6.73. The Morgan fingerprint density at radius 2 is 1.67 bits per heavy atom. The van der Waals surface area contributed by atoms with Gasteiger partial charge in [-0.3, -0.25) is 14.2 Å². The monoisotopic (exact) mass is 421 g/mol. The Morgan fingerprint density at radius 1 is 1.03 bits per heavy atom. The Hall–Kier alpha value is -3.47. The molecule has 0 spiro atoms. The molecule has 0 bridgehead atoms. The highest BCUT2D eigenvalue weighted by molar-refractivity contribution is 5.96. The molecule has 3 N–H and O–H groups in total. The molecule has 156 valence electrons. The SMILES string of the molecule is NC(=O)c1cn(-c2c(F)cc(F)cc2F)c2nc(N3CCNCC3)c(F)cc2c1=O. The number of aromatic nitrogens is 2. The molecule has 0 unspecified atom stereocenters. The van der Waals surface area contributed by atoms with E-state index in [1.165, 1.54) is 0 Å². The summed E-state index contributed by atoms with van der Waals surface area (Å²) in [6, 6.07) is 1.73. The number of piperazine rings is 1. The molecular formula is C19H15F4N5O2. The number of hydrogen-bond acceptors (Lipinski definition) is 5. The summed E-state index contributed by atoms with van der Waals surface area (Å²) in [4.78, 5) is 30.1. The van der Waals surface area contributed by atoms with Gasteiger partial charge in [-0.2, -0.15) is 0 Å². The molecule has 1 aromatic carbocycles. The first-order valence-corrected chi connectivity index (χ1v) is 8.94. The molecule has 30 heavy (non-hydrogen) atoms. The second kappa shape index (κ2) is 7.41. The number of carbonyl (C=O) groups is 1. The number of nitrogens with zero attached hydrogens (tertiary/aromatic N) is 3. The zero-order valence-corrected chi connectivity index (χ0v) is 15.4. The number of rotatable bonds is 3. The van der Waals surface area contributed by atoms with Gasteiger partial charge < -0.3 is 16.0 Å². The number of nitrogens with one attached hydrogen (secondary N) is 1. The van der Waals surface area contributed by atoms with Crippen LogP contribution in [0.3, 0.4) is 0 Å². The van der Waals surface area contributed by atoms with E-state index in [-0.39, 0.29) is 11.5 Å². The fraction of sp³-hybridized carbons (Fsp3) is 0.211. The quantitative estimate of drug-likeness (QED) is 0.625. The van der Waals surface area contributed by atoms with Crippen LogP contribution in [0.4, 0.5) is 23.4 Å². The van der Waals surface area contributed by atoms with Crippen LogP contribution in [0.1, 0.15) is 10.4 Å². The van der Waals surface area contributed by atoms with Gasteiger partial charge >= 0.3 is 0 Å². The van der Waals surface area contributed by atoms with Crippen LogP contribution in [0.5, 0.6) is 0 Å². The van der Waals surface area contributed by atoms with Crippen LogP contribution in [0, 0.1) is 23.3 Å². The standard InChI is InChI=1S/C19H15F4N5O2/c20-9-5-12(21)15(13(22)6-9)28-8-11(17(24)30)16(29)10-7-14(23)19(26-18(10)28)27-3-1-25-2-4-27/h5-8,25H,1-4H2,(H2,24,30). The van der Waals surface area contributed by atoms with Gasteiger partial charge in [-0.25, -0.2) is 22.5 Å². The molecular weight excluding hydrogens is 406 g/mol. The van der Waals surface area contributed by atoms with E-state index in [4.69, 9.17) is 5.73 Å². The van der Waals surface area contributed by atoms with Gasteiger partial charge in [0.05, 0.1) is 5.39 Å². The average Bonchev–Trinajstić information content (AvgIpc) is 2.69. The molecule has 1 amide bonds. The first-order chi connectivity index (χ1) is 14.3. The zero-order chi connectivity index (χ0) is 21.6. The molecule has 0 atom stereocenters. The molecule has 2 aromatic heterocycles. The lowest BCUT2D eigenvalue weighted by atomic mass is 10.1.